The normalized spacial score (nSPS) is 10.8. The van der Waals surface area contributed by atoms with Gasteiger partial charge in [-0.2, -0.15) is 4.68 Å². The van der Waals surface area contributed by atoms with E-state index >= 15 is 0 Å². The quantitative estimate of drug-likeness (QED) is 0.340. The van der Waals surface area contributed by atoms with E-state index in [1.54, 1.807) is 24.3 Å². The molecule has 0 saturated heterocycles. The van der Waals surface area contributed by atoms with Gasteiger partial charge in [0.2, 0.25) is 5.89 Å². The van der Waals surface area contributed by atoms with E-state index in [0.29, 0.717) is 22.1 Å². The van der Waals surface area contributed by atoms with Crippen molar-refractivity contribution in [3.63, 3.8) is 0 Å². The number of amides is 1. The molecule has 0 bridgehead atoms. The summed E-state index contributed by atoms with van der Waals surface area (Å²) in [5.41, 5.74) is 1.21. The molecule has 35 heavy (non-hydrogen) atoms. The van der Waals surface area contributed by atoms with Crippen LogP contribution in [0.25, 0.3) is 22.8 Å². The molecule has 0 N–H and O–H groups in total. The van der Waals surface area contributed by atoms with Gasteiger partial charge in [0.25, 0.3) is 5.91 Å². The molecular weight excluding hydrogens is 481 g/mol. The van der Waals surface area contributed by atoms with E-state index in [4.69, 9.17) is 25.2 Å². The van der Waals surface area contributed by atoms with E-state index in [0.717, 1.165) is 10.2 Å². The van der Waals surface area contributed by atoms with Gasteiger partial charge in [-0.05, 0) is 60.7 Å². The number of hydrogen-bond donors (Lipinski definition) is 0. The Hall–Kier alpha value is -4.18. The first-order chi connectivity index (χ1) is 16.8. The van der Waals surface area contributed by atoms with Gasteiger partial charge in [-0.1, -0.05) is 11.6 Å². The molecule has 180 valence electrons. The summed E-state index contributed by atoms with van der Waals surface area (Å²) in [6, 6.07) is 15.8. The summed E-state index contributed by atoms with van der Waals surface area (Å²) in [6.07, 6.45) is 0. The first kappa shape index (κ1) is 24.0. The van der Waals surface area contributed by atoms with Crippen molar-refractivity contribution in [3.8, 4) is 22.8 Å². The third-order valence-electron chi connectivity index (χ3n) is 4.94. The van der Waals surface area contributed by atoms with Gasteiger partial charge < -0.3 is 18.5 Å². The van der Waals surface area contributed by atoms with Crippen molar-refractivity contribution in [3.05, 3.63) is 87.8 Å². The number of esters is 1. The molecule has 2 aromatic carbocycles. The van der Waals surface area contributed by atoms with Crippen LogP contribution in [0.1, 0.15) is 5.76 Å². The Balaban J connectivity index is 1.28. The monoisotopic (exact) mass is 499 g/mol. The number of carbonyl (C=O) groups is 2. The van der Waals surface area contributed by atoms with E-state index in [1.807, 2.05) is 12.1 Å². The number of benzene rings is 2. The molecule has 0 aliphatic carbocycles. The Morgan fingerprint density at radius 3 is 2.43 bits per heavy atom. The standard InChI is InChI=1S/C24H19ClFN3O6/c1-28(12-19-10-11-20(34-19)15-2-6-17(25)7-3-15)21(30)14-33-22(31)13-29-24(32)35-23(27-29)16-4-8-18(26)9-5-16/h2-11H,12-14H2,1H3. The Morgan fingerprint density at radius 2 is 1.71 bits per heavy atom. The minimum Gasteiger partial charge on any atom is -0.459 e. The summed E-state index contributed by atoms with van der Waals surface area (Å²) in [5.74, 6) is -1.57. The highest BCUT2D eigenvalue weighted by Crippen LogP contribution is 2.24. The fraction of sp³-hybridized carbons (Fsp3) is 0.167. The van der Waals surface area contributed by atoms with Crippen LogP contribution in [0.5, 0.6) is 0 Å². The molecule has 9 nitrogen and oxygen atoms in total. The van der Waals surface area contributed by atoms with E-state index in [-0.39, 0.29) is 12.4 Å². The zero-order valence-corrected chi connectivity index (χ0v) is 19.2. The summed E-state index contributed by atoms with van der Waals surface area (Å²) < 4.78 is 29.5. The maximum Gasteiger partial charge on any atom is 0.437 e. The molecule has 0 atom stereocenters. The van der Waals surface area contributed by atoms with Crippen molar-refractivity contribution < 1.29 is 27.6 Å². The molecule has 0 aliphatic rings. The lowest BCUT2D eigenvalue weighted by Gasteiger charge is -2.15. The van der Waals surface area contributed by atoms with Crippen LogP contribution < -0.4 is 5.76 Å². The fourth-order valence-electron chi connectivity index (χ4n) is 3.09. The van der Waals surface area contributed by atoms with Gasteiger partial charge in [-0.15, -0.1) is 5.10 Å². The van der Waals surface area contributed by atoms with Gasteiger partial charge in [0.1, 0.15) is 23.9 Å². The third-order valence-corrected chi connectivity index (χ3v) is 5.19. The predicted molar refractivity (Wildman–Crippen MR) is 123 cm³/mol. The van der Waals surface area contributed by atoms with Gasteiger partial charge in [-0.3, -0.25) is 9.59 Å². The van der Waals surface area contributed by atoms with Crippen LogP contribution >= 0.6 is 11.6 Å². The van der Waals surface area contributed by atoms with Crippen LogP contribution in [0.4, 0.5) is 4.39 Å². The van der Waals surface area contributed by atoms with Crippen molar-refractivity contribution in [1.82, 2.24) is 14.7 Å². The number of aromatic nitrogens is 2. The van der Waals surface area contributed by atoms with Crippen molar-refractivity contribution in [2.24, 2.45) is 0 Å². The number of likely N-dealkylation sites (N-methyl/N-ethyl adjacent to an activating group) is 1. The van der Waals surface area contributed by atoms with Crippen LogP contribution in [-0.2, 0) is 27.4 Å². The number of rotatable bonds is 8. The molecule has 2 heterocycles. The molecule has 0 spiro atoms. The van der Waals surface area contributed by atoms with Crippen molar-refractivity contribution in [2.45, 2.75) is 13.1 Å². The summed E-state index contributed by atoms with van der Waals surface area (Å²) in [5, 5.41) is 4.51. The Morgan fingerprint density at radius 1 is 1.03 bits per heavy atom. The lowest BCUT2D eigenvalue weighted by molar-refractivity contribution is -0.152. The molecule has 0 saturated carbocycles. The van der Waals surface area contributed by atoms with E-state index in [2.05, 4.69) is 5.10 Å². The number of hydrogen-bond acceptors (Lipinski definition) is 7. The third kappa shape index (κ3) is 6.04. The average molecular weight is 500 g/mol. The Labute approximate surface area is 203 Å². The maximum absolute atomic E-state index is 13.1. The lowest BCUT2D eigenvalue weighted by atomic mass is 10.2. The first-order valence-electron chi connectivity index (χ1n) is 10.4. The van der Waals surface area contributed by atoms with Gasteiger partial charge in [0, 0.05) is 23.2 Å². The minimum absolute atomic E-state index is 0.0740. The van der Waals surface area contributed by atoms with Crippen LogP contribution in [-0.4, -0.2) is 40.2 Å². The topological polar surface area (TPSA) is 108 Å². The second-order valence-electron chi connectivity index (χ2n) is 7.52. The van der Waals surface area contributed by atoms with E-state index in [9.17, 15) is 18.8 Å². The van der Waals surface area contributed by atoms with Crippen molar-refractivity contribution in [2.75, 3.05) is 13.7 Å². The van der Waals surface area contributed by atoms with Crippen LogP contribution in [0.3, 0.4) is 0 Å². The van der Waals surface area contributed by atoms with Crippen LogP contribution in [0.2, 0.25) is 5.02 Å². The van der Waals surface area contributed by atoms with Crippen molar-refractivity contribution in [1.29, 1.82) is 0 Å². The number of carbonyl (C=O) groups excluding carboxylic acids is 2. The summed E-state index contributed by atoms with van der Waals surface area (Å²) in [4.78, 5) is 37.8. The van der Waals surface area contributed by atoms with E-state index in [1.165, 1.54) is 36.2 Å². The molecule has 1 amide bonds. The van der Waals surface area contributed by atoms with Gasteiger partial charge >= 0.3 is 11.7 Å². The van der Waals surface area contributed by atoms with E-state index < -0.39 is 36.6 Å². The molecule has 0 unspecified atom stereocenters. The molecule has 4 aromatic rings. The molecule has 0 fully saturated rings. The van der Waals surface area contributed by atoms with Gasteiger partial charge in [-0.25, -0.2) is 9.18 Å². The summed E-state index contributed by atoms with van der Waals surface area (Å²) in [7, 11) is 1.54. The number of nitrogens with zero attached hydrogens (tertiary/aromatic N) is 3. The highest BCUT2D eigenvalue weighted by molar-refractivity contribution is 6.30. The number of furan rings is 1. The molecule has 2 aromatic heterocycles. The molecule has 0 aliphatic heterocycles. The Bertz CT molecular complexity index is 1390. The average Bonchev–Trinajstić information content (AvgIpc) is 3.45. The molecule has 4 rings (SSSR count). The second kappa shape index (κ2) is 10.4. The second-order valence-corrected chi connectivity index (χ2v) is 7.96. The number of ether oxygens (including phenoxy) is 1. The van der Waals surface area contributed by atoms with Gasteiger partial charge in [0.15, 0.2) is 6.61 Å². The molecule has 0 radical (unpaired) electrons. The zero-order chi connectivity index (χ0) is 24.9. The highest BCUT2D eigenvalue weighted by atomic mass is 35.5. The fourth-order valence-corrected chi connectivity index (χ4v) is 3.22. The zero-order valence-electron chi connectivity index (χ0n) is 18.4. The lowest BCUT2D eigenvalue weighted by Crippen LogP contribution is -2.32. The van der Waals surface area contributed by atoms with Crippen LogP contribution in [0, 0.1) is 5.82 Å². The molecule has 11 heteroatoms. The predicted octanol–water partition coefficient (Wildman–Crippen LogP) is 3.76. The van der Waals surface area contributed by atoms with Gasteiger partial charge in [0.05, 0.1) is 6.54 Å². The maximum atomic E-state index is 13.1. The smallest absolute Gasteiger partial charge is 0.437 e. The minimum atomic E-state index is -0.890. The molecular formula is C24H19ClFN3O6. The van der Waals surface area contributed by atoms with Crippen molar-refractivity contribution >= 4 is 23.5 Å². The SMILES string of the molecule is CN(Cc1ccc(-c2ccc(Cl)cc2)o1)C(=O)COC(=O)Cn1nc(-c2ccc(F)cc2)oc1=O. The highest BCUT2D eigenvalue weighted by Gasteiger charge is 2.17. The largest absolute Gasteiger partial charge is 0.459 e. The Kier molecular flexibility index (Phi) is 7.11. The summed E-state index contributed by atoms with van der Waals surface area (Å²) >= 11 is 5.90. The van der Waals surface area contributed by atoms with Crippen LogP contribution in [0.15, 0.2) is 74.3 Å². The summed E-state index contributed by atoms with van der Waals surface area (Å²) in [6.45, 7) is -0.922. The number of halogens is 2. The first-order valence-corrected chi connectivity index (χ1v) is 10.7.